The highest BCUT2D eigenvalue weighted by Crippen LogP contribution is 2.26. The molecule has 1 saturated heterocycles. The fraction of sp³-hybridized carbons (Fsp3) is 0.375. The largest absolute Gasteiger partial charge is 0.469 e. The van der Waals surface area contributed by atoms with Crippen LogP contribution in [0, 0.1) is 6.92 Å². The Morgan fingerprint density at radius 1 is 1.03 bits per heavy atom. The minimum absolute atomic E-state index is 0.0148. The normalized spacial score (nSPS) is 16.6. The first-order valence-corrected chi connectivity index (χ1v) is 10.3. The molecule has 0 radical (unpaired) electrons. The summed E-state index contributed by atoms with van der Waals surface area (Å²) in [6, 6.07) is 15.9. The maximum Gasteiger partial charge on any atom is 0.228 e. The van der Waals surface area contributed by atoms with Crippen LogP contribution >= 0.6 is 0 Å². The monoisotopic (exact) mass is 392 g/mol. The second-order valence-corrected chi connectivity index (χ2v) is 7.77. The molecule has 3 aromatic rings. The molecule has 0 bridgehead atoms. The van der Waals surface area contributed by atoms with Gasteiger partial charge < -0.3 is 14.2 Å². The van der Waals surface area contributed by atoms with E-state index in [1.165, 1.54) is 18.4 Å². The number of aryl methyl sites for hydroxylation is 1. The van der Waals surface area contributed by atoms with Crippen LogP contribution in [0.15, 0.2) is 69.9 Å². The van der Waals surface area contributed by atoms with E-state index in [-0.39, 0.29) is 17.9 Å². The number of rotatable bonds is 8. The zero-order valence-electron chi connectivity index (χ0n) is 16.8. The molecule has 0 aliphatic carbocycles. The number of likely N-dealkylation sites (tertiary alicyclic amines) is 1. The molecule has 0 spiro atoms. The van der Waals surface area contributed by atoms with Gasteiger partial charge in [-0.3, -0.25) is 9.69 Å². The minimum atomic E-state index is -0.294. The summed E-state index contributed by atoms with van der Waals surface area (Å²) in [6.45, 7) is 4.66. The predicted octanol–water partition coefficient (Wildman–Crippen LogP) is 4.46. The highest BCUT2D eigenvalue weighted by molar-refractivity contribution is 5.84. The summed E-state index contributed by atoms with van der Waals surface area (Å²) in [5, 5.41) is 3.19. The Kier molecular flexibility index (Phi) is 6.15. The van der Waals surface area contributed by atoms with Crippen LogP contribution in [0.25, 0.3) is 0 Å². The van der Waals surface area contributed by atoms with Crippen molar-refractivity contribution < 1.29 is 13.6 Å². The van der Waals surface area contributed by atoms with Crippen molar-refractivity contribution in [2.75, 3.05) is 19.6 Å². The molecular weight excluding hydrogens is 364 g/mol. The number of carbonyl (C=O) groups excluding carboxylic acids is 1. The molecule has 1 aromatic carbocycles. The molecular formula is C24H28N2O3. The standard InChI is InChI=1S/C24H28N2O3/c1-18-8-10-19(11-9-18)21(16-20-6-4-14-28-20)24(27)25-17-22(23-7-5-15-29-23)26-12-2-3-13-26/h4-11,14-15,21-22H,2-3,12-13,16-17H2,1H3,(H,25,27). The Morgan fingerprint density at radius 2 is 1.76 bits per heavy atom. The third-order valence-electron chi connectivity index (χ3n) is 5.70. The van der Waals surface area contributed by atoms with Crippen molar-refractivity contribution in [2.24, 2.45) is 0 Å². The van der Waals surface area contributed by atoms with Gasteiger partial charge in [-0.1, -0.05) is 29.8 Å². The van der Waals surface area contributed by atoms with Crippen LogP contribution in [-0.2, 0) is 11.2 Å². The number of carbonyl (C=O) groups is 1. The molecule has 5 nitrogen and oxygen atoms in total. The van der Waals surface area contributed by atoms with Gasteiger partial charge in [-0.05, 0) is 62.7 Å². The predicted molar refractivity (Wildman–Crippen MR) is 112 cm³/mol. The van der Waals surface area contributed by atoms with Gasteiger partial charge in [-0.15, -0.1) is 0 Å². The first-order valence-electron chi connectivity index (χ1n) is 10.3. The molecule has 1 amide bonds. The number of benzene rings is 1. The van der Waals surface area contributed by atoms with Gasteiger partial charge in [-0.25, -0.2) is 0 Å². The quantitative estimate of drug-likeness (QED) is 0.615. The average Bonchev–Trinajstić information content (AvgIpc) is 3.50. The zero-order chi connectivity index (χ0) is 20.1. The van der Waals surface area contributed by atoms with Gasteiger partial charge in [0.15, 0.2) is 0 Å². The number of nitrogens with zero attached hydrogens (tertiary/aromatic N) is 1. The van der Waals surface area contributed by atoms with Gasteiger partial charge in [0.1, 0.15) is 11.5 Å². The number of furan rings is 2. The summed E-state index contributed by atoms with van der Waals surface area (Å²) in [5.41, 5.74) is 2.18. The minimum Gasteiger partial charge on any atom is -0.469 e. The van der Waals surface area contributed by atoms with Crippen molar-refractivity contribution in [3.05, 3.63) is 83.7 Å². The molecule has 0 saturated carbocycles. The SMILES string of the molecule is Cc1ccc(C(Cc2ccco2)C(=O)NCC(c2ccco2)N2CCCC2)cc1. The average molecular weight is 392 g/mol. The molecule has 2 atom stereocenters. The summed E-state index contributed by atoms with van der Waals surface area (Å²) in [5.74, 6) is 1.44. The molecule has 2 unspecified atom stereocenters. The summed E-state index contributed by atoms with van der Waals surface area (Å²) < 4.78 is 11.2. The Labute approximate surface area is 171 Å². The topological polar surface area (TPSA) is 58.6 Å². The summed E-state index contributed by atoms with van der Waals surface area (Å²) in [6.07, 6.45) is 6.27. The Balaban J connectivity index is 1.49. The lowest BCUT2D eigenvalue weighted by atomic mass is 9.93. The number of nitrogens with one attached hydrogen (secondary N) is 1. The van der Waals surface area contributed by atoms with Crippen molar-refractivity contribution in [1.29, 1.82) is 0 Å². The van der Waals surface area contributed by atoms with Gasteiger partial charge in [0.25, 0.3) is 0 Å². The first kappa shape index (κ1) is 19.5. The van der Waals surface area contributed by atoms with E-state index in [2.05, 4.69) is 17.1 Å². The van der Waals surface area contributed by atoms with Gasteiger partial charge in [0.2, 0.25) is 5.91 Å². The van der Waals surface area contributed by atoms with Crippen LogP contribution in [-0.4, -0.2) is 30.4 Å². The molecule has 5 heteroatoms. The second kappa shape index (κ2) is 9.14. The third-order valence-corrected chi connectivity index (χ3v) is 5.70. The van der Waals surface area contributed by atoms with Crippen LogP contribution in [0.5, 0.6) is 0 Å². The lowest BCUT2D eigenvalue weighted by Crippen LogP contribution is -2.39. The fourth-order valence-corrected chi connectivity index (χ4v) is 4.05. The molecule has 2 aromatic heterocycles. The van der Waals surface area contributed by atoms with Crippen molar-refractivity contribution in [3.8, 4) is 0 Å². The van der Waals surface area contributed by atoms with Crippen LogP contribution in [0.4, 0.5) is 0 Å². The lowest BCUT2D eigenvalue weighted by Gasteiger charge is -2.27. The zero-order valence-corrected chi connectivity index (χ0v) is 16.8. The van der Waals surface area contributed by atoms with E-state index in [0.29, 0.717) is 13.0 Å². The van der Waals surface area contributed by atoms with E-state index in [9.17, 15) is 4.79 Å². The summed E-state index contributed by atoms with van der Waals surface area (Å²) in [4.78, 5) is 15.6. The summed E-state index contributed by atoms with van der Waals surface area (Å²) in [7, 11) is 0. The molecule has 29 heavy (non-hydrogen) atoms. The van der Waals surface area contributed by atoms with Gasteiger partial charge in [0, 0.05) is 13.0 Å². The van der Waals surface area contributed by atoms with Crippen LogP contribution in [0.1, 0.15) is 47.4 Å². The molecule has 3 heterocycles. The van der Waals surface area contributed by atoms with Crippen molar-refractivity contribution in [3.63, 3.8) is 0 Å². The third kappa shape index (κ3) is 4.80. The summed E-state index contributed by atoms with van der Waals surface area (Å²) >= 11 is 0. The molecule has 1 fully saturated rings. The number of hydrogen-bond donors (Lipinski definition) is 1. The van der Waals surface area contributed by atoms with E-state index in [1.807, 2.05) is 48.5 Å². The van der Waals surface area contributed by atoms with Crippen molar-refractivity contribution in [2.45, 2.75) is 38.1 Å². The highest BCUT2D eigenvalue weighted by Gasteiger charge is 2.28. The van der Waals surface area contributed by atoms with Gasteiger partial charge >= 0.3 is 0 Å². The van der Waals surface area contributed by atoms with E-state index in [4.69, 9.17) is 8.83 Å². The van der Waals surface area contributed by atoms with Crippen molar-refractivity contribution in [1.82, 2.24) is 10.2 Å². The molecule has 1 N–H and O–H groups in total. The van der Waals surface area contributed by atoms with E-state index >= 15 is 0 Å². The number of amides is 1. The smallest absolute Gasteiger partial charge is 0.228 e. The van der Waals surface area contributed by atoms with Crippen LogP contribution in [0.3, 0.4) is 0 Å². The lowest BCUT2D eigenvalue weighted by molar-refractivity contribution is -0.122. The molecule has 1 aliphatic heterocycles. The molecule has 152 valence electrons. The van der Waals surface area contributed by atoms with E-state index in [0.717, 1.165) is 30.2 Å². The van der Waals surface area contributed by atoms with Gasteiger partial charge in [0.05, 0.1) is 24.5 Å². The van der Waals surface area contributed by atoms with Gasteiger partial charge in [-0.2, -0.15) is 0 Å². The Morgan fingerprint density at radius 3 is 2.41 bits per heavy atom. The Bertz CT molecular complexity index is 879. The second-order valence-electron chi connectivity index (χ2n) is 7.77. The first-order chi connectivity index (χ1) is 14.2. The molecule has 4 rings (SSSR count). The van der Waals surface area contributed by atoms with E-state index in [1.54, 1.807) is 12.5 Å². The van der Waals surface area contributed by atoms with E-state index < -0.39 is 0 Å². The fourth-order valence-electron chi connectivity index (χ4n) is 4.05. The molecule has 1 aliphatic rings. The number of hydrogen-bond acceptors (Lipinski definition) is 4. The van der Waals surface area contributed by atoms with Crippen LogP contribution < -0.4 is 5.32 Å². The van der Waals surface area contributed by atoms with Crippen LogP contribution in [0.2, 0.25) is 0 Å². The maximum atomic E-state index is 13.2. The maximum absolute atomic E-state index is 13.2. The highest BCUT2D eigenvalue weighted by atomic mass is 16.3. The Hall–Kier alpha value is -2.79. The van der Waals surface area contributed by atoms with Crippen molar-refractivity contribution >= 4 is 5.91 Å².